The molecule has 2 aromatic heterocycles. The van der Waals surface area contributed by atoms with Gasteiger partial charge in [-0.3, -0.25) is 4.98 Å². The minimum Gasteiger partial charge on any atom is -0.493 e. The third-order valence-corrected chi connectivity index (χ3v) is 4.09. The lowest BCUT2D eigenvalue weighted by molar-refractivity contribution is 0.229. The average Bonchev–Trinajstić information content (AvgIpc) is 2.58. The first-order valence-corrected chi connectivity index (χ1v) is 8.53. The van der Waals surface area contributed by atoms with E-state index in [1.54, 1.807) is 12.1 Å². The van der Waals surface area contributed by atoms with Crippen LogP contribution in [0.15, 0.2) is 39.8 Å². The molecular formula is C18H16Cl2N2O4. The second kappa shape index (κ2) is 7.43. The quantitative estimate of drug-likeness (QED) is 0.611. The Bertz CT molecular complexity index is 998. The molecule has 0 radical (unpaired) electrons. The Morgan fingerprint density at radius 3 is 2.50 bits per heavy atom. The summed E-state index contributed by atoms with van der Waals surface area (Å²) in [5.41, 5.74) is 0.636. The van der Waals surface area contributed by atoms with E-state index in [0.29, 0.717) is 38.3 Å². The second-order valence-corrected chi connectivity index (χ2v) is 6.54. The van der Waals surface area contributed by atoms with Gasteiger partial charge in [0.05, 0.1) is 34.6 Å². The first-order valence-electron chi connectivity index (χ1n) is 7.78. The first kappa shape index (κ1) is 18.4. The summed E-state index contributed by atoms with van der Waals surface area (Å²) >= 11 is 12.3. The molecule has 0 unspecified atom stereocenters. The van der Waals surface area contributed by atoms with E-state index >= 15 is 0 Å². The van der Waals surface area contributed by atoms with Gasteiger partial charge in [-0.2, -0.15) is 0 Å². The van der Waals surface area contributed by atoms with Crippen molar-refractivity contribution in [3.63, 3.8) is 0 Å². The maximum absolute atomic E-state index is 12.1. The number of ether oxygens (including phenoxy) is 2. The van der Waals surface area contributed by atoms with E-state index in [-0.39, 0.29) is 11.7 Å². The number of fused-ring (bicyclic) bond motifs is 1. The van der Waals surface area contributed by atoms with Gasteiger partial charge in [0.25, 0.3) is 0 Å². The molecule has 0 atom stereocenters. The number of hydrogen-bond acceptors (Lipinski definition) is 6. The molecule has 136 valence electrons. The molecule has 2 heterocycles. The molecule has 0 amide bonds. The maximum atomic E-state index is 12.1. The van der Waals surface area contributed by atoms with Crippen LogP contribution in [0.3, 0.4) is 0 Å². The monoisotopic (exact) mass is 394 g/mol. The van der Waals surface area contributed by atoms with Crippen LogP contribution in [-0.2, 0) is 0 Å². The zero-order chi connectivity index (χ0) is 18.8. The molecule has 1 N–H and O–H groups in total. The van der Waals surface area contributed by atoms with E-state index in [2.05, 4.69) is 10.3 Å². The molecule has 0 saturated carbocycles. The molecule has 0 aliphatic heterocycles. The van der Waals surface area contributed by atoms with Crippen LogP contribution in [0.5, 0.6) is 11.5 Å². The number of halogens is 2. The summed E-state index contributed by atoms with van der Waals surface area (Å²) < 4.78 is 16.5. The normalized spacial score (nSPS) is 11.0. The number of aromatic nitrogens is 1. The number of methoxy groups -OCH3 is 1. The summed E-state index contributed by atoms with van der Waals surface area (Å²) in [5, 5.41) is 4.35. The minimum absolute atomic E-state index is 0.138. The SMILES string of the molecule is COc1ccc2c(Nc3c(Cl)cncc3Cl)cc(=O)oc2c1OC(C)C. The Morgan fingerprint density at radius 1 is 1.19 bits per heavy atom. The smallest absolute Gasteiger partial charge is 0.338 e. The molecule has 26 heavy (non-hydrogen) atoms. The Morgan fingerprint density at radius 2 is 1.88 bits per heavy atom. The molecule has 8 heteroatoms. The standard InChI is InChI=1S/C18H16Cl2N2O4/c1-9(2)25-18-14(24-3)5-4-10-13(6-15(23)26-17(10)18)22-16-11(19)7-21-8-12(16)20/h4-9H,1-3H3,(H,21,22). The Balaban J connectivity index is 2.22. The molecule has 0 aliphatic carbocycles. The Labute approximate surface area is 159 Å². The lowest BCUT2D eigenvalue weighted by atomic mass is 10.1. The van der Waals surface area contributed by atoms with Gasteiger partial charge in [0.2, 0.25) is 5.75 Å². The summed E-state index contributed by atoms with van der Waals surface area (Å²) in [7, 11) is 1.52. The second-order valence-electron chi connectivity index (χ2n) is 5.72. The van der Waals surface area contributed by atoms with Crippen LogP contribution in [-0.4, -0.2) is 18.2 Å². The van der Waals surface area contributed by atoms with Crippen LogP contribution in [0.4, 0.5) is 11.4 Å². The predicted molar refractivity (Wildman–Crippen MR) is 102 cm³/mol. The summed E-state index contributed by atoms with van der Waals surface area (Å²) in [4.78, 5) is 16.0. The maximum Gasteiger partial charge on any atom is 0.338 e. The number of nitrogens with one attached hydrogen (secondary N) is 1. The Kier molecular flexibility index (Phi) is 5.25. The predicted octanol–water partition coefficient (Wildman–Crippen LogP) is 5.03. The zero-order valence-electron chi connectivity index (χ0n) is 14.3. The number of rotatable bonds is 5. The van der Waals surface area contributed by atoms with Gasteiger partial charge in [0.1, 0.15) is 0 Å². The fraction of sp³-hybridized carbons (Fsp3) is 0.222. The van der Waals surface area contributed by atoms with Gasteiger partial charge in [-0.1, -0.05) is 23.2 Å². The third-order valence-electron chi connectivity index (χ3n) is 3.52. The van der Waals surface area contributed by atoms with E-state index in [1.807, 2.05) is 13.8 Å². The van der Waals surface area contributed by atoms with E-state index in [9.17, 15) is 4.79 Å². The van der Waals surface area contributed by atoms with E-state index in [0.717, 1.165) is 0 Å². The van der Waals surface area contributed by atoms with Crippen molar-refractivity contribution in [2.24, 2.45) is 0 Å². The van der Waals surface area contributed by atoms with Gasteiger partial charge >= 0.3 is 5.63 Å². The molecule has 1 aromatic carbocycles. The van der Waals surface area contributed by atoms with Crippen molar-refractivity contribution in [2.45, 2.75) is 20.0 Å². The molecular weight excluding hydrogens is 379 g/mol. The fourth-order valence-electron chi connectivity index (χ4n) is 2.46. The van der Waals surface area contributed by atoms with Crippen molar-refractivity contribution in [1.29, 1.82) is 0 Å². The van der Waals surface area contributed by atoms with Crippen LogP contribution in [0, 0.1) is 0 Å². The largest absolute Gasteiger partial charge is 0.493 e. The first-order chi connectivity index (χ1) is 12.4. The molecule has 0 bridgehead atoms. The van der Waals surface area contributed by atoms with Gasteiger partial charge in [-0.25, -0.2) is 4.79 Å². The molecule has 3 rings (SSSR count). The van der Waals surface area contributed by atoms with E-state index in [1.165, 1.54) is 25.6 Å². The van der Waals surface area contributed by atoms with Crippen molar-refractivity contribution < 1.29 is 13.9 Å². The summed E-state index contributed by atoms with van der Waals surface area (Å²) in [6.45, 7) is 3.74. The number of benzene rings is 1. The van der Waals surface area contributed by atoms with Gasteiger partial charge in [0, 0.05) is 23.8 Å². The topological polar surface area (TPSA) is 73.6 Å². The fourth-order valence-corrected chi connectivity index (χ4v) is 2.92. The van der Waals surface area contributed by atoms with Crippen molar-refractivity contribution in [3.8, 4) is 11.5 Å². The van der Waals surface area contributed by atoms with Crippen LogP contribution in [0.25, 0.3) is 11.0 Å². The van der Waals surface area contributed by atoms with Crippen LogP contribution in [0.2, 0.25) is 10.0 Å². The molecule has 0 saturated heterocycles. The Hall–Kier alpha value is -2.44. The number of anilines is 2. The molecule has 0 fully saturated rings. The van der Waals surface area contributed by atoms with Gasteiger partial charge < -0.3 is 19.2 Å². The highest BCUT2D eigenvalue weighted by Crippen LogP contribution is 2.40. The van der Waals surface area contributed by atoms with Crippen LogP contribution in [0.1, 0.15) is 13.8 Å². The summed E-state index contributed by atoms with van der Waals surface area (Å²) in [6.07, 6.45) is 2.78. The molecule has 0 spiro atoms. The number of nitrogens with zero attached hydrogens (tertiary/aromatic N) is 1. The highest BCUT2D eigenvalue weighted by Gasteiger charge is 2.18. The molecule has 6 nitrogen and oxygen atoms in total. The molecule has 0 aliphatic rings. The number of pyridine rings is 1. The lowest BCUT2D eigenvalue weighted by Gasteiger charge is -2.17. The molecule has 3 aromatic rings. The van der Waals surface area contributed by atoms with E-state index in [4.69, 9.17) is 37.1 Å². The number of hydrogen-bond donors (Lipinski definition) is 1. The summed E-state index contributed by atoms with van der Waals surface area (Å²) in [6, 6.07) is 4.82. The highest BCUT2D eigenvalue weighted by atomic mass is 35.5. The van der Waals surface area contributed by atoms with Gasteiger partial charge in [0.15, 0.2) is 11.3 Å². The van der Waals surface area contributed by atoms with E-state index < -0.39 is 5.63 Å². The summed E-state index contributed by atoms with van der Waals surface area (Å²) in [5.74, 6) is 0.819. The van der Waals surface area contributed by atoms with Crippen molar-refractivity contribution in [2.75, 3.05) is 12.4 Å². The van der Waals surface area contributed by atoms with Crippen LogP contribution >= 0.6 is 23.2 Å². The highest BCUT2D eigenvalue weighted by molar-refractivity contribution is 6.39. The van der Waals surface area contributed by atoms with Crippen molar-refractivity contribution in [1.82, 2.24) is 4.98 Å². The van der Waals surface area contributed by atoms with Crippen LogP contribution < -0.4 is 20.4 Å². The van der Waals surface area contributed by atoms with Crippen molar-refractivity contribution >= 4 is 45.5 Å². The average molecular weight is 395 g/mol. The van der Waals surface area contributed by atoms with Gasteiger partial charge in [-0.05, 0) is 26.0 Å². The van der Waals surface area contributed by atoms with Crippen molar-refractivity contribution in [3.05, 3.63) is 51.1 Å². The lowest BCUT2D eigenvalue weighted by Crippen LogP contribution is -2.09. The zero-order valence-corrected chi connectivity index (χ0v) is 15.8. The van der Waals surface area contributed by atoms with Gasteiger partial charge in [-0.15, -0.1) is 0 Å². The third kappa shape index (κ3) is 3.57. The minimum atomic E-state index is -0.553.